The summed E-state index contributed by atoms with van der Waals surface area (Å²) in [6.07, 6.45) is 3.36. The number of carbonyl (C=O) groups excluding carboxylic acids is 1. The van der Waals surface area contributed by atoms with Crippen LogP contribution in [0.4, 0.5) is 5.95 Å². The molecule has 0 saturated carbocycles. The van der Waals surface area contributed by atoms with Gasteiger partial charge in [0.2, 0.25) is 11.8 Å². The van der Waals surface area contributed by atoms with Gasteiger partial charge >= 0.3 is 5.91 Å². The van der Waals surface area contributed by atoms with Gasteiger partial charge in [-0.05, 0) is 6.07 Å². The van der Waals surface area contributed by atoms with Crippen molar-refractivity contribution >= 4 is 29.0 Å². The quantitative estimate of drug-likeness (QED) is 0.411. The SMILES string of the molecule is Nc1n[nH]c(C(=O)NN=Cc2c[nH]c3ccccc23)n1. The van der Waals surface area contributed by atoms with E-state index in [1.807, 2.05) is 30.5 Å². The Labute approximate surface area is 113 Å². The maximum absolute atomic E-state index is 11.6. The number of hydrogen-bond acceptors (Lipinski definition) is 5. The molecule has 0 aliphatic heterocycles. The second-order valence-corrected chi connectivity index (χ2v) is 4.03. The molecule has 0 spiro atoms. The minimum Gasteiger partial charge on any atom is -0.366 e. The predicted octanol–water partition coefficient (Wildman–Crippen LogP) is 0.632. The molecule has 0 aliphatic rings. The summed E-state index contributed by atoms with van der Waals surface area (Å²) in [4.78, 5) is 18.4. The number of anilines is 1. The number of nitrogens with two attached hydrogens (primary N) is 1. The van der Waals surface area contributed by atoms with Crippen LogP contribution < -0.4 is 11.2 Å². The van der Waals surface area contributed by atoms with Crippen LogP contribution in [0, 0.1) is 0 Å². The van der Waals surface area contributed by atoms with Crippen LogP contribution in [0.1, 0.15) is 16.2 Å². The molecule has 0 saturated heterocycles. The largest absolute Gasteiger partial charge is 0.366 e. The van der Waals surface area contributed by atoms with E-state index < -0.39 is 5.91 Å². The zero-order valence-electron chi connectivity index (χ0n) is 10.3. The van der Waals surface area contributed by atoms with Crippen molar-refractivity contribution < 1.29 is 4.79 Å². The molecular formula is C12H11N7O. The van der Waals surface area contributed by atoms with E-state index in [9.17, 15) is 4.79 Å². The molecule has 1 aromatic carbocycles. The number of nitrogens with one attached hydrogen (secondary N) is 3. The highest BCUT2D eigenvalue weighted by molar-refractivity contribution is 5.99. The first-order valence-corrected chi connectivity index (χ1v) is 5.81. The molecule has 3 rings (SSSR count). The second kappa shape index (κ2) is 4.84. The van der Waals surface area contributed by atoms with Crippen molar-refractivity contribution in [1.29, 1.82) is 0 Å². The number of nitrogens with zero attached hydrogens (tertiary/aromatic N) is 3. The predicted molar refractivity (Wildman–Crippen MR) is 74.2 cm³/mol. The normalized spacial score (nSPS) is 11.2. The van der Waals surface area contributed by atoms with Crippen molar-refractivity contribution in [3.05, 3.63) is 41.9 Å². The van der Waals surface area contributed by atoms with Crippen LogP contribution >= 0.6 is 0 Å². The summed E-state index contributed by atoms with van der Waals surface area (Å²) < 4.78 is 0. The first-order valence-electron chi connectivity index (χ1n) is 5.81. The van der Waals surface area contributed by atoms with Gasteiger partial charge in [0.25, 0.3) is 0 Å². The van der Waals surface area contributed by atoms with Gasteiger partial charge in [0.1, 0.15) is 0 Å². The number of rotatable bonds is 3. The van der Waals surface area contributed by atoms with Crippen LogP contribution in [-0.2, 0) is 0 Å². The number of para-hydroxylation sites is 1. The summed E-state index contributed by atoms with van der Waals surface area (Å²) in [6.45, 7) is 0. The average Bonchev–Trinajstić information content (AvgIpc) is 3.06. The number of carbonyl (C=O) groups is 1. The zero-order valence-corrected chi connectivity index (χ0v) is 10.3. The Morgan fingerprint density at radius 1 is 1.40 bits per heavy atom. The van der Waals surface area contributed by atoms with Gasteiger partial charge in [-0.15, -0.1) is 5.10 Å². The summed E-state index contributed by atoms with van der Waals surface area (Å²) in [5.74, 6) is -0.486. The van der Waals surface area contributed by atoms with E-state index in [1.165, 1.54) is 0 Å². The molecule has 1 amide bonds. The Kier molecular flexibility index (Phi) is 2.88. The van der Waals surface area contributed by atoms with E-state index >= 15 is 0 Å². The van der Waals surface area contributed by atoms with Crippen LogP contribution in [0.3, 0.4) is 0 Å². The number of hydrazone groups is 1. The zero-order chi connectivity index (χ0) is 13.9. The van der Waals surface area contributed by atoms with Gasteiger partial charge < -0.3 is 10.7 Å². The van der Waals surface area contributed by atoms with Gasteiger partial charge in [-0.2, -0.15) is 10.1 Å². The lowest BCUT2D eigenvalue weighted by Gasteiger charge is -1.94. The number of fused-ring (bicyclic) bond motifs is 1. The van der Waals surface area contributed by atoms with Crippen LogP contribution in [0.2, 0.25) is 0 Å². The maximum atomic E-state index is 11.6. The number of hydrogen-bond donors (Lipinski definition) is 4. The highest BCUT2D eigenvalue weighted by Gasteiger charge is 2.09. The molecule has 100 valence electrons. The Morgan fingerprint density at radius 2 is 2.25 bits per heavy atom. The van der Waals surface area contributed by atoms with E-state index in [-0.39, 0.29) is 11.8 Å². The molecular weight excluding hydrogens is 258 g/mol. The van der Waals surface area contributed by atoms with Crippen LogP contribution in [0.5, 0.6) is 0 Å². The average molecular weight is 269 g/mol. The van der Waals surface area contributed by atoms with Gasteiger partial charge in [-0.3, -0.25) is 9.89 Å². The fourth-order valence-corrected chi connectivity index (χ4v) is 1.79. The van der Waals surface area contributed by atoms with Gasteiger partial charge in [-0.25, -0.2) is 5.43 Å². The molecule has 5 N–H and O–H groups in total. The van der Waals surface area contributed by atoms with Crippen LogP contribution in [0.25, 0.3) is 10.9 Å². The number of H-pyrrole nitrogens is 2. The molecule has 8 nitrogen and oxygen atoms in total. The minimum absolute atomic E-state index is 0.00996. The summed E-state index contributed by atoms with van der Waals surface area (Å²) in [5.41, 5.74) is 9.53. The number of aromatic amines is 2. The molecule has 20 heavy (non-hydrogen) atoms. The van der Waals surface area contributed by atoms with E-state index in [0.29, 0.717) is 0 Å². The van der Waals surface area contributed by atoms with Crippen LogP contribution in [-0.4, -0.2) is 32.3 Å². The van der Waals surface area contributed by atoms with Crippen molar-refractivity contribution in [2.45, 2.75) is 0 Å². The van der Waals surface area contributed by atoms with E-state index in [1.54, 1.807) is 6.21 Å². The topological polar surface area (TPSA) is 125 Å². The van der Waals surface area contributed by atoms with E-state index in [2.05, 4.69) is 30.7 Å². The minimum atomic E-state index is -0.509. The third-order valence-electron chi connectivity index (χ3n) is 2.71. The molecule has 8 heteroatoms. The van der Waals surface area contributed by atoms with Gasteiger partial charge in [0.15, 0.2) is 0 Å². The third-order valence-corrected chi connectivity index (χ3v) is 2.71. The van der Waals surface area contributed by atoms with E-state index in [0.717, 1.165) is 16.5 Å². The highest BCUT2D eigenvalue weighted by atomic mass is 16.2. The monoisotopic (exact) mass is 269 g/mol. The Morgan fingerprint density at radius 3 is 3.05 bits per heavy atom. The fourth-order valence-electron chi connectivity index (χ4n) is 1.79. The fraction of sp³-hybridized carbons (Fsp3) is 0. The number of benzene rings is 1. The Balaban J connectivity index is 1.73. The molecule has 0 atom stereocenters. The summed E-state index contributed by atoms with van der Waals surface area (Å²) in [5, 5.41) is 10.9. The molecule has 0 fully saturated rings. The molecule has 2 aromatic heterocycles. The maximum Gasteiger partial charge on any atom is 0.308 e. The molecule has 0 unspecified atom stereocenters. The van der Waals surface area contributed by atoms with E-state index in [4.69, 9.17) is 5.73 Å². The standard InChI is InChI=1S/C12H11N7O/c13-12-16-10(17-19-12)11(20)18-15-6-7-5-14-9-4-2-1-3-8(7)9/h1-6,14H,(H,18,20)(H3,13,16,17,19). The van der Waals surface area contributed by atoms with Crippen molar-refractivity contribution in [2.24, 2.45) is 5.10 Å². The summed E-state index contributed by atoms with van der Waals surface area (Å²) in [6, 6.07) is 7.80. The van der Waals surface area contributed by atoms with Crippen LogP contribution in [0.15, 0.2) is 35.6 Å². The first kappa shape index (κ1) is 11.9. The lowest BCUT2D eigenvalue weighted by molar-refractivity contribution is 0.0945. The highest BCUT2D eigenvalue weighted by Crippen LogP contribution is 2.15. The van der Waals surface area contributed by atoms with Crippen molar-refractivity contribution in [1.82, 2.24) is 25.6 Å². The van der Waals surface area contributed by atoms with Gasteiger partial charge in [-0.1, -0.05) is 18.2 Å². The van der Waals surface area contributed by atoms with Crippen molar-refractivity contribution in [3.8, 4) is 0 Å². The second-order valence-electron chi connectivity index (χ2n) is 4.03. The Hall–Kier alpha value is -3.16. The molecule has 0 aliphatic carbocycles. The molecule has 0 bridgehead atoms. The third kappa shape index (κ3) is 2.21. The number of nitrogen functional groups attached to an aromatic ring is 1. The van der Waals surface area contributed by atoms with Gasteiger partial charge in [0, 0.05) is 22.7 Å². The number of aromatic nitrogens is 4. The summed E-state index contributed by atoms with van der Waals surface area (Å²) in [7, 11) is 0. The molecule has 0 radical (unpaired) electrons. The Bertz CT molecular complexity index is 786. The molecule has 3 aromatic rings. The lowest BCUT2D eigenvalue weighted by Crippen LogP contribution is -2.19. The van der Waals surface area contributed by atoms with Crippen molar-refractivity contribution in [3.63, 3.8) is 0 Å². The lowest BCUT2D eigenvalue weighted by atomic mass is 10.2. The van der Waals surface area contributed by atoms with Crippen molar-refractivity contribution in [2.75, 3.05) is 5.73 Å². The smallest absolute Gasteiger partial charge is 0.308 e. The van der Waals surface area contributed by atoms with Gasteiger partial charge in [0.05, 0.1) is 6.21 Å². The number of amides is 1. The molecule has 2 heterocycles. The first-order chi connectivity index (χ1) is 9.74. The summed E-state index contributed by atoms with van der Waals surface area (Å²) >= 11 is 0.